The summed E-state index contributed by atoms with van der Waals surface area (Å²) in [6.45, 7) is 20.9. The maximum absolute atomic E-state index is 11.7. The van der Waals surface area contributed by atoms with Gasteiger partial charge < -0.3 is 10.1 Å². The van der Waals surface area contributed by atoms with Crippen LogP contribution in [0.3, 0.4) is 0 Å². The average molecular weight is 314 g/mol. The molecule has 0 aliphatic heterocycles. The van der Waals surface area contributed by atoms with E-state index < -0.39 is 0 Å². The molecule has 0 atom stereocenters. The second-order valence-corrected chi connectivity index (χ2v) is 9.25. The summed E-state index contributed by atoms with van der Waals surface area (Å²) in [5.74, 6) is 0.449. The van der Waals surface area contributed by atoms with Crippen LogP contribution >= 0.6 is 0 Å². The summed E-state index contributed by atoms with van der Waals surface area (Å²) in [4.78, 5) is 11.7. The SMILES string of the molecule is CC(C)C(=O)CCC(C)(C)OCCC(C)(C)CNC(C)(C)C. The first-order valence-electron chi connectivity index (χ1n) is 8.66. The van der Waals surface area contributed by atoms with Crippen molar-refractivity contribution in [2.75, 3.05) is 13.2 Å². The van der Waals surface area contributed by atoms with Gasteiger partial charge >= 0.3 is 0 Å². The summed E-state index contributed by atoms with van der Waals surface area (Å²) >= 11 is 0. The van der Waals surface area contributed by atoms with Crippen molar-refractivity contribution in [2.45, 2.75) is 92.7 Å². The van der Waals surface area contributed by atoms with E-state index in [9.17, 15) is 4.79 Å². The molecule has 22 heavy (non-hydrogen) atoms. The van der Waals surface area contributed by atoms with Gasteiger partial charge in [-0.2, -0.15) is 0 Å². The zero-order valence-electron chi connectivity index (χ0n) is 16.4. The Kier molecular flexibility index (Phi) is 8.29. The summed E-state index contributed by atoms with van der Waals surface area (Å²) in [5, 5.41) is 3.56. The lowest BCUT2D eigenvalue weighted by Gasteiger charge is -2.32. The molecule has 0 saturated carbocycles. The zero-order chi connectivity index (χ0) is 17.6. The molecular weight excluding hydrogens is 274 g/mol. The van der Waals surface area contributed by atoms with Gasteiger partial charge in [0.15, 0.2) is 0 Å². The van der Waals surface area contributed by atoms with E-state index >= 15 is 0 Å². The summed E-state index contributed by atoms with van der Waals surface area (Å²) < 4.78 is 6.05. The minimum atomic E-state index is -0.224. The first-order valence-corrected chi connectivity index (χ1v) is 8.66. The number of ether oxygens (including phenoxy) is 1. The van der Waals surface area contributed by atoms with Crippen LogP contribution in [0.25, 0.3) is 0 Å². The molecule has 0 aliphatic carbocycles. The molecule has 0 amide bonds. The van der Waals surface area contributed by atoms with Gasteiger partial charge in [-0.05, 0) is 52.9 Å². The Morgan fingerprint density at radius 3 is 2.00 bits per heavy atom. The van der Waals surface area contributed by atoms with Crippen LogP contribution in [0.15, 0.2) is 0 Å². The van der Waals surface area contributed by atoms with Crippen LogP contribution in [-0.2, 0) is 9.53 Å². The zero-order valence-corrected chi connectivity index (χ0v) is 16.4. The lowest BCUT2D eigenvalue weighted by Crippen LogP contribution is -2.42. The highest BCUT2D eigenvalue weighted by molar-refractivity contribution is 5.80. The summed E-state index contributed by atoms with van der Waals surface area (Å²) in [6.07, 6.45) is 2.42. The molecule has 0 radical (unpaired) electrons. The Morgan fingerprint density at radius 1 is 1.00 bits per heavy atom. The molecule has 132 valence electrons. The van der Waals surface area contributed by atoms with E-state index in [1.165, 1.54) is 0 Å². The Morgan fingerprint density at radius 2 is 1.55 bits per heavy atom. The van der Waals surface area contributed by atoms with Gasteiger partial charge in [0.25, 0.3) is 0 Å². The van der Waals surface area contributed by atoms with Crippen LogP contribution in [0, 0.1) is 11.3 Å². The summed E-state index contributed by atoms with van der Waals surface area (Å²) in [7, 11) is 0. The number of hydrogen-bond acceptors (Lipinski definition) is 3. The van der Waals surface area contributed by atoms with E-state index in [0.29, 0.717) is 12.2 Å². The minimum absolute atomic E-state index is 0.123. The number of carbonyl (C=O) groups is 1. The van der Waals surface area contributed by atoms with Crippen molar-refractivity contribution in [1.82, 2.24) is 5.32 Å². The highest BCUT2D eigenvalue weighted by Gasteiger charge is 2.24. The molecule has 0 fully saturated rings. The molecule has 3 nitrogen and oxygen atoms in total. The van der Waals surface area contributed by atoms with E-state index in [2.05, 4.69) is 53.8 Å². The largest absolute Gasteiger partial charge is 0.376 e. The van der Waals surface area contributed by atoms with E-state index in [-0.39, 0.29) is 22.5 Å². The van der Waals surface area contributed by atoms with Gasteiger partial charge in [0, 0.05) is 31.0 Å². The molecule has 0 spiro atoms. The number of Topliss-reactive ketones (excluding diaryl/α,β-unsaturated/α-hetero) is 1. The van der Waals surface area contributed by atoms with Crippen LogP contribution in [0.1, 0.15) is 81.6 Å². The smallest absolute Gasteiger partial charge is 0.135 e. The summed E-state index contributed by atoms with van der Waals surface area (Å²) in [5.41, 5.74) is 0.129. The molecule has 0 aliphatic rings. The van der Waals surface area contributed by atoms with Crippen molar-refractivity contribution in [3.8, 4) is 0 Å². The number of hydrogen-bond donors (Lipinski definition) is 1. The standard InChI is InChI=1S/C19H39NO2/c1-15(2)16(21)10-11-19(8,9)22-13-12-18(6,7)14-20-17(3,4)5/h15,20H,10-14H2,1-9H3. The quantitative estimate of drug-likeness (QED) is 0.641. The third-order valence-electron chi connectivity index (χ3n) is 3.99. The number of nitrogens with one attached hydrogen (secondary N) is 1. The summed E-state index contributed by atoms with van der Waals surface area (Å²) in [6, 6.07) is 0. The van der Waals surface area contributed by atoms with Crippen LogP contribution < -0.4 is 5.32 Å². The van der Waals surface area contributed by atoms with Crippen LogP contribution in [0.4, 0.5) is 0 Å². The van der Waals surface area contributed by atoms with Gasteiger partial charge in [-0.15, -0.1) is 0 Å². The van der Waals surface area contributed by atoms with E-state index in [0.717, 1.165) is 26.0 Å². The predicted molar refractivity (Wildman–Crippen MR) is 95.3 cm³/mol. The van der Waals surface area contributed by atoms with Gasteiger partial charge in [0.05, 0.1) is 5.60 Å². The Hall–Kier alpha value is -0.410. The molecule has 0 aromatic heterocycles. The number of ketones is 1. The molecule has 0 heterocycles. The van der Waals surface area contributed by atoms with E-state index in [1.807, 2.05) is 13.8 Å². The first kappa shape index (κ1) is 21.6. The average Bonchev–Trinajstić information content (AvgIpc) is 2.32. The maximum atomic E-state index is 11.7. The van der Waals surface area contributed by atoms with Crippen molar-refractivity contribution >= 4 is 5.78 Å². The molecule has 0 saturated heterocycles. The normalized spacial score (nSPS) is 13.7. The fourth-order valence-electron chi connectivity index (χ4n) is 1.98. The van der Waals surface area contributed by atoms with E-state index in [1.54, 1.807) is 0 Å². The third kappa shape index (κ3) is 11.2. The van der Waals surface area contributed by atoms with Gasteiger partial charge in [-0.25, -0.2) is 0 Å². The predicted octanol–water partition coefficient (Wildman–Crippen LogP) is 4.59. The first-order chi connectivity index (χ1) is 9.74. The van der Waals surface area contributed by atoms with Gasteiger partial charge in [0.1, 0.15) is 5.78 Å². The fourth-order valence-corrected chi connectivity index (χ4v) is 1.98. The van der Waals surface area contributed by atoms with Crippen LogP contribution in [-0.4, -0.2) is 30.1 Å². The Balaban J connectivity index is 4.12. The van der Waals surface area contributed by atoms with Gasteiger partial charge in [0.2, 0.25) is 0 Å². The molecule has 0 aromatic rings. The van der Waals surface area contributed by atoms with Crippen molar-refractivity contribution in [1.29, 1.82) is 0 Å². The minimum Gasteiger partial charge on any atom is -0.376 e. The second-order valence-electron chi connectivity index (χ2n) is 9.25. The van der Waals surface area contributed by atoms with Crippen LogP contribution in [0.5, 0.6) is 0 Å². The fraction of sp³-hybridized carbons (Fsp3) is 0.947. The Bertz CT molecular complexity index is 338. The van der Waals surface area contributed by atoms with Crippen molar-refractivity contribution in [3.63, 3.8) is 0 Å². The molecule has 3 heteroatoms. The lowest BCUT2D eigenvalue weighted by molar-refractivity contribution is -0.123. The topological polar surface area (TPSA) is 38.3 Å². The van der Waals surface area contributed by atoms with Crippen LogP contribution in [0.2, 0.25) is 0 Å². The third-order valence-corrected chi connectivity index (χ3v) is 3.99. The maximum Gasteiger partial charge on any atom is 0.135 e. The van der Waals surface area contributed by atoms with Gasteiger partial charge in [-0.3, -0.25) is 4.79 Å². The molecule has 0 unspecified atom stereocenters. The van der Waals surface area contributed by atoms with Crippen molar-refractivity contribution < 1.29 is 9.53 Å². The highest BCUT2D eigenvalue weighted by atomic mass is 16.5. The highest BCUT2D eigenvalue weighted by Crippen LogP contribution is 2.24. The molecule has 0 bridgehead atoms. The van der Waals surface area contributed by atoms with Gasteiger partial charge in [-0.1, -0.05) is 27.7 Å². The molecule has 0 aromatic carbocycles. The Labute approximate surface area is 138 Å². The number of carbonyl (C=O) groups excluding carboxylic acids is 1. The second kappa shape index (κ2) is 8.44. The molecular formula is C19H39NO2. The molecule has 0 rings (SSSR count). The van der Waals surface area contributed by atoms with E-state index in [4.69, 9.17) is 4.74 Å². The monoisotopic (exact) mass is 313 g/mol. The van der Waals surface area contributed by atoms with Crippen molar-refractivity contribution in [3.05, 3.63) is 0 Å². The number of rotatable bonds is 10. The molecule has 1 N–H and O–H groups in total. The lowest BCUT2D eigenvalue weighted by atomic mass is 9.88. The van der Waals surface area contributed by atoms with Crippen molar-refractivity contribution in [2.24, 2.45) is 11.3 Å².